The molecule has 3 nitrogen and oxygen atoms in total. The zero-order valence-electron chi connectivity index (χ0n) is 10.6. The van der Waals surface area contributed by atoms with Gasteiger partial charge in [-0.1, -0.05) is 12.2 Å². The second-order valence-corrected chi connectivity index (χ2v) is 4.14. The van der Waals surface area contributed by atoms with Gasteiger partial charge in [-0.05, 0) is 71.1 Å². The van der Waals surface area contributed by atoms with Gasteiger partial charge in [0.25, 0.3) is 0 Å². The summed E-state index contributed by atoms with van der Waals surface area (Å²) in [5.41, 5.74) is 10.8. The molecule has 0 fully saturated rings. The minimum atomic E-state index is 0.790. The van der Waals surface area contributed by atoms with Crippen molar-refractivity contribution in [1.82, 2.24) is 5.32 Å². The van der Waals surface area contributed by atoms with Gasteiger partial charge in [-0.15, -0.1) is 0 Å². The Morgan fingerprint density at radius 2 is 1.25 bits per heavy atom. The van der Waals surface area contributed by atoms with E-state index in [0.717, 1.165) is 39.0 Å². The van der Waals surface area contributed by atoms with E-state index in [2.05, 4.69) is 17.5 Å². The molecule has 0 aliphatic carbocycles. The summed E-state index contributed by atoms with van der Waals surface area (Å²) >= 11 is 0. The van der Waals surface area contributed by atoms with E-state index >= 15 is 0 Å². The van der Waals surface area contributed by atoms with Crippen LogP contribution in [-0.2, 0) is 0 Å². The highest BCUT2D eigenvalue weighted by atomic mass is 14.8. The minimum absolute atomic E-state index is 0.790. The lowest BCUT2D eigenvalue weighted by Gasteiger charge is -2.01. The number of allylic oxidation sites excluding steroid dienone is 2. The molecule has 0 aromatic rings. The molecule has 16 heavy (non-hydrogen) atoms. The molecule has 0 aliphatic heterocycles. The lowest BCUT2D eigenvalue weighted by molar-refractivity contribution is 0.610. The van der Waals surface area contributed by atoms with Crippen molar-refractivity contribution in [1.29, 1.82) is 0 Å². The van der Waals surface area contributed by atoms with Gasteiger partial charge in [0.2, 0.25) is 0 Å². The van der Waals surface area contributed by atoms with Crippen LogP contribution in [0.4, 0.5) is 0 Å². The van der Waals surface area contributed by atoms with Crippen LogP contribution in [0, 0.1) is 0 Å². The number of nitrogens with one attached hydrogen (secondary N) is 1. The largest absolute Gasteiger partial charge is 0.330 e. The molecule has 3 heteroatoms. The lowest BCUT2D eigenvalue weighted by Crippen LogP contribution is -2.19. The van der Waals surface area contributed by atoms with E-state index < -0.39 is 0 Å². The smallest absolute Gasteiger partial charge is 0.00369 e. The fourth-order valence-electron chi connectivity index (χ4n) is 1.51. The number of rotatable bonds is 12. The van der Waals surface area contributed by atoms with Crippen molar-refractivity contribution in [3.8, 4) is 0 Å². The highest BCUT2D eigenvalue weighted by molar-refractivity contribution is 4.81. The molecule has 0 amide bonds. The number of hydrogen-bond acceptors (Lipinski definition) is 3. The van der Waals surface area contributed by atoms with Crippen LogP contribution in [0.2, 0.25) is 0 Å². The van der Waals surface area contributed by atoms with Crippen molar-refractivity contribution >= 4 is 0 Å². The molecule has 0 unspecified atom stereocenters. The van der Waals surface area contributed by atoms with Gasteiger partial charge in [0.15, 0.2) is 0 Å². The van der Waals surface area contributed by atoms with Gasteiger partial charge < -0.3 is 16.8 Å². The SMILES string of the molecule is NCCCC/C=C/CCCCNCCCN. The topological polar surface area (TPSA) is 64.1 Å². The fourth-order valence-corrected chi connectivity index (χ4v) is 1.51. The highest BCUT2D eigenvalue weighted by Gasteiger charge is 1.87. The quantitative estimate of drug-likeness (QED) is 0.352. The van der Waals surface area contributed by atoms with Crippen molar-refractivity contribution in [2.24, 2.45) is 11.5 Å². The molecular weight excluding hydrogens is 198 g/mol. The van der Waals surface area contributed by atoms with E-state index in [9.17, 15) is 0 Å². The molecule has 0 spiro atoms. The molecule has 0 aromatic carbocycles. The average molecular weight is 227 g/mol. The van der Waals surface area contributed by atoms with E-state index in [0.29, 0.717) is 0 Å². The Bertz CT molecular complexity index is 146. The first-order valence-electron chi connectivity index (χ1n) is 6.67. The van der Waals surface area contributed by atoms with Crippen LogP contribution in [0.15, 0.2) is 12.2 Å². The molecule has 0 heterocycles. The van der Waals surface area contributed by atoms with Crippen molar-refractivity contribution in [2.75, 3.05) is 26.2 Å². The summed E-state index contributed by atoms with van der Waals surface area (Å²) in [7, 11) is 0. The third-order valence-corrected chi connectivity index (χ3v) is 2.52. The third-order valence-electron chi connectivity index (χ3n) is 2.52. The van der Waals surface area contributed by atoms with E-state index in [4.69, 9.17) is 11.5 Å². The summed E-state index contributed by atoms with van der Waals surface area (Å²) in [5, 5.41) is 3.39. The van der Waals surface area contributed by atoms with Gasteiger partial charge in [-0.25, -0.2) is 0 Å². The molecule has 0 bridgehead atoms. The summed E-state index contributed by atoms with van der Waals surface area (Å²) in [6.07, 6.45) is 13.0. The molecule has 96 valence electrons. The average Bonchev–Trinajstić information content (AvgIpc) is 2.31. The maximum Gasteiger partial charge on any atom is -0.00369 e. The number of unbranched alkanes of at least 4 members (excludes halogenated alkanes) is 4. The predicted molar refractivity (Wildman–Crippen MR) is 72.4 cm³/mol. The van der Waals surface area contributed by atoms with Gasteiger partial charge in [-0.3, -0.25) is 0 Å². The first kappa shape index (κ1) is 15.6. The molecular formula is C13H29N3. The van der Waals surface area contributed by atoms with Gasteiger partial charge in [0, 0.05) is 0 Å². The number of nitrogens with two attached hydrogens (primary N) is 2. The van der Waals surface area contributed by atoms with Crippen molar-refractivity contribution in [3.63, 3.8) is 0 Å². The predicted octanol–water partition coefficient (Wildman–Crippen LogP) is 1.78. The summed E-state index contributed by atoms with van der Waals surface area (Å²) in [6, 6.07) is 0. The van der Waals surface area contributed by atoms with Crippen LogP contribution in [0.1, 0.15) is 44.9 Å². The Balaban J connectivity index is 2.97. The second kappa shape index (κ2) is 14.6. The Kier molecular flexibility index (Phi) is 14.3. The summed E-state index contributed by atoms with van der Waals surface area (Å²) in [5.74, 6) is 0. The second-order valence-electron chi connectivity index (χ2n) is 4.14. The maximum atomic E-state index is 5.42. The Hall–Kier alpha value is -0.380. The minimum Gasteiger partial charge on any atom is -0.330 e. The van der Waals surface area contributed by atoms with Crippen molar-refractivity contribution in [2.45, 2.75) is 44.9 Å². The van der Waals surface area contributed by atoms with E-state index in [1.165, 1.54) is 32.1 Å². The maximum absolute atomic E-state index is 5.42. The monoisotopic (exact) mass is 227 g/mol. The van der Waals surface area contributed by atoms with Crippen LogP contribution in [0.25, 0.3) is 0 Å². The van der Waals surface area contributed by atoms with Gasteiger partial charge in [-0.2, -0.15) is 0 Å². The molecule has 0 radical (unpaired) electrons. The van der Waals surface area contributed by atoms with Crippen LogP contribution >= 0.6 is 0 Å². The van der Waals surface area contributed by atoms with Crippen LogP contribution in [0.3, 0.4) is 0 Å². The molecule has 0 aromatic heterocycles. The van der Waals surface area contributed by atoms with Crippen LogP contribution in [0.5, 0.6) is 0 Å². The molecule has 0 atom stereocenters. The number of hydrogen-bond donors (Lipinski definition) is 3. The summed E-state index contributed by atoms with van der Waals surface area (Å²) < 4.78 is 0. The third kappa shape index (κ3) is 13.6. The lowest BCUT2D eigenvalue weighted by atomic mass is 10.2. The fraction of sp³-hybridized carbons (Fsp3) is 0.846. The first-order chi connectivity index (χ1) is 7.91. The first-order valence-corrected chi connectivity index (χ1v) is 6.67. The van der Waals surface area contributed by atoms with E-state index in [-0.39, 0.29) is 0 Å². The Morgan fingerprint density at radius 1 is 0.688 bits per heavy atom. The Labute approximate surface area is 101 Å². The van der Waals surface area contributed by atoms with E-state index in [1.807, 2.05) is 0 Å². The van der Waals surface area contributed by atoms with E-state index in [1.54, 1.807) is 0 Å². The van der Waals surface area contributed by atoms with Crippen LogP contribution < -0.4 is 16.8 Å². The molecule has 0 saturated carbocycles. The van der Waals surface area contributed by atoms with Crippen LogP contribution in [-0.4, -0.2) is 26.2 Å². The molecule has 0 saturated heterocycles. The molecule has 0 rings (SSSR count). The zero-order valence-corrected chi connectivity index (χ0v) is 10.6. The molecule has 0 aliphatic rings. The standard InChI is InChI=1S/C13H29N3/c14-10-7-5-3-1-2-4-6-8-12-16-13-9-11-15/h1-2,16H,3-15H2/b2-1+. The van der Waals surface area contributed by atoms with Gasteiger partial charge in [0.1, 0.15) is 0 Å². The van der Waals surface area contributed by atoms with Crippen molar-refractivity contribution < 1.29 is 0 Å². The zero-order chi connectivity index (χ0) is 11.9. The van der Waals surface area contributed by atoms with Crippen molar-refractivity contribution in [3.05, 3.63) is 12.2 Å². The molecule has 5 N–H and O–H groups in total. The summed E-state index contributed by atoms with van der Waals surface area (Å²) in [4.78, 5) is 0. The Morgan fingerprint density at radius 3 is 1.88 bits per heavy atom. The summed E-state index contributed by atoms with van der Waals surface area (Å²) in [6.45, 7) is 3.80. The van der Waals surface area contributed by atoms with Gasteiger partial charge in [0.05, 0.1) is 0 Å². The van der Waals surface area contributed by atoms with Gasteiger partial charge >= 0.3 is 0 Å². The normalized spacial score (nSPS) is 11.4. The highest BCUT2D eigenvalue weighted by Crippen LogP contribution is 1.99.